The molecule has 1 rings (SSSR count). The van der Waals surface area contributed by atoms with Crippen LogP contribution >= 0.6 is 0 Å². The van der Waals surface area contributed by atoms with Gasteiger partial charge in [0.25, 0.3) is 0 Å². The molecule has 0 heterocycles. The van der Waals surface area contributed by atoms with E-state index in [1.807, 2.05) is 27.7 Å². The van der Waals surface area contributed by atoms with Crippen molar-refractivity contribution in [3.05, 3.63) is 23.9 Å². The molecule has 0 aromatic heterocycles. The molecule has 1 fully saturated rings. The number of rotatable bonds is 5. The monoisotopic (exact) mass is 279 g/mol. The highest BCUT2D eigenvalue weighted by atomic mass is 16.5. The van der Waals surface area contributed by atoms with Gasteiger partial charge in [0.1, 0.15) is 0 Å². The lowest BCUT2D eigenvalue weighted by atomic mass is 9.66. The fraction of sp³-hybridized carbons (Fsp3) is 0.625. The first-order chi connectivity index (χ1) is 9.26. The van der Waals surface area contributed by atoms with Crippen molar-refractivity contribution >= 4 is 11.6 Å². The van der Waals surface area contributed by atoms with Gasteiger partial charge in [0.05, 0.1) is 17.8 Å². The number of ketones is 2. The van der Waals surface area contributed by atoms with E-state index in [0.29, 0.717) is 18.5 Å². The summed E-state index contributed by atoms with van der Waals surface area (Å²) in [6.45, 7) is 11.5. The molecule has 112 valence electrons. The van der Waals surface area contributed by atoms with Crippen LogP contribution in [0.4, 0.5) is 0 Å². The average molecular weight is 279 g/mol. The van der Waals surface area contributed by atoms with E-state index < -0.39 is 0 Å². The van der Waals surface area contributed by atoms with Crippen molar-refractivity contribution in [2.75, 3.05) is 6.54 Å². The molecule has 0 bridgehead atoms. The minimum absolute atomic E-state index is 0.155. The molecule has 1 aliphatic rings. The summed E-state index contributed by atoms with van der Waals surface area (Å²) in [5, 5.41) is 11.0. The van der Waals surface area contributed by atoms with Crippen LogP contribution in [0, 0.1) is 11.3 Å². The number of hydrogen-bond acceptors (Lipinski definition) is 4. The molecular weight excluding hydrogens is 254 g/mol. The maximum absolute atomic E-state index is 12.5. The van der Waals surface area contributed by atoms with Crippen LogP contribution in [0.1, 0.15) is 47.0 Å². The van der Waals surface area contributed by atoms with Crippen molar-refractivity contribution in [3.63, 3.8) is 0 Å². The number of carbonyl (C=O) groups is 2. The van der Waals surface area contributed by atoms with Crippen molar-refractivity contribution < 1.29 is 14.8 Å². The smallest absolute Gasteiger partial charge is 0.171 e. The van der Waals surface area contributed by atoms with E-state index in [1.165, 1.54) is 0 Å². The highest BCUT2D eigenvalue weighted by Crippen LogP contribution is 2.40. The second-order valence-corrected chi connectivity index (χ2v) is 6.12. The average Bonchev–Trinajstić information content (AvgIpc) is 2.35. The summed E-state index contributed by atoms with van der Waals surface area (Å²) in [5.74, 6) is -0.540. The van der Waals surface area contributed by atoms with Crippen molar-refractivity contribution in [2.24, 2.45) is 11.3 Å². The van der Waals surface area contributed by atoms with Crippen LogP contribution in [0.2, 0.25) is 0 Å². The molecule has 0 aromatic rings. The maximum atomic E-state index is 12.5. The predicted octanol–water partition coefficient (Wildman–Crippen LogP) is 3.12. The molecule has 0 saturated heterocycles. The summed E-state index contributed by atoms with van der Waals surface area (Å²) in [6.07, 6.45) is 3.14. The first-order valence-electron chi connectivity index (χ1n) is 7.14. The predicted molar refractivity (Wildman–Crippen MR) is 78.2 cm³/mol. The number of nitrogens with zero attached hydrogens (tertiary/aromatic N) is 1. The second-order valence-electron chi connectivity index (χ2n) is 6.12. The van der Waals surface area contributed by atoms with Crippen LogP contribution in [0.25, 0.3) is 0 Å². The van der Waals surface area contributed by atoms with Crippen molar-refractivity contribution in [1.29, 1.82) is 0 Å². The zero-order valence-electron chi connectivity index (χ0n) is 12.9. The molecule has 0 radical (unpaired) electrons. The van der Waals surface area contributed by atoms with Crippen molar-refractivity contribution in [1.82, 2.24) is 5.06 Å². The van der Waals surface area contributed by atoms with Gasteiger partial charge in [0.15, 0.2) is 11.6 Å². The zero-order valence-corrected chi connectivity index (χ0v) is 12.9. The largest absolute Gasteiger partial charge is 0.294 e. The van der Waals surface area contributed by atoms with E-state index in [1.54, 1.807) is 6.08 Å². The Morgan fingerprint density at radius 1 is 1.50 bits per heavy atom. The SMILES string of the molecule is C=CCN(O)C(CCC)=C1C(=O)CC(C)(C)C(C)C1=O. The molecule has 0 aromatic carbocycles. The molecule has 0 spiro atoms. The Labute approximate surface area is 121 Å². The summed E-state index contributed by atoms with van der Waals surface area (Å²) in [4.78, 5) is 24.9. The Morgan fingerprint density at radius 3 is 2.60 bits per heavy atom. The summed E-state index contributed by atoms with van der Waals surface area (Å²) in [7, 11) is 0. The van der Waals surface area contributed by atoms with Gasteiger partial charge in [0.2, 0.25) is 0 Å². The van der Waals surface area contributed by atoms with Gasteiger partial charge < -0.3 is 0 Å². The van der Waals surface area contributed by atoms with E-state index in [4.69, 9.17) is 0 Å². The van der Waals surface area contributed by atoms with E-state index >= 15 is 0 Å². The number of carbonyl (C=O) groups excluding carboxylic acids is 2. The highest BCUT2D eigenvalue weighted by Gasteiger charge is 2.43. The van der Waals surface area contributed by atoms with Gasteiger partial charge in [-0.15, -0.1) is 6.58 Å². The third kappa shape index (κ3) is 3.18. The Kier molecular flexibility index (Phi) is 5.28. The zero-order chi connectivity index (χ0) is 15.5. The summed E-state index contributed by atoms with van der Waals surface area (Å²) in [5.41, 5.74) is 0.293. The Balaban J connectivity index is 3.28. The Morgan fingerprint density at radius 2 is 2.10 bits per heavy atom. The lowest BCUT2D eigenvalue weighted by molar-refractivity contribution is -0.132. The van der Waals surface area contributed by atoms with Crippen LogP contribution in [-0.2, 0) is 9.59 Å². The topological polar surface area (TPSA) is 57.6 Å². The summed E-state index contributed by atoms with van der Waals surface area (Å²) in [6, 6.07) is 0. The van der Waals surface area contributed by atoms with E-state index in [2.05, 4.69) is 6.58 Å². The van der Waals surface area contributed by atoms with E-state index in [-0.39, 0.29) is 35.0 Å². The molecule has 4 heteroatoms. The standard InChI is InChI=1S/C16H25NO3/c1-6-8-12(17(20)9-7-2)14-13(18)10-16(4,5)11(3)15(14)19/h7,11,20H,2,6,8-10H2,1,3-5H3. The molecular formula is C16H25NO3. The quantitative estimate of drug-likeness (QED) is 0.363. The minimum Gasteiger partial charge on any atom is -0.294 e. The molecule has 4 nitrogen and oxygen atoms in total. The summed E-state index contributed by atoms with van der Waals surface area (Å²) >= 11 is 0. The highest BCUT2D eigenvalue weighted by molar-refractivity contribution is 6.23. The van der Waals surface area contributed by atoms with Crippen LogP contribution < -0.4 is 0 Å². The molecule has 1 N–H and O–H groups in total. The molecule has 1 unspecified atom stereocenters. The van der Waals surface area contributed by atoms with Crippen molar-refractivity contribution in [2.45, 2.75) is 47.0 Å². The third-order valence-electron chi connectivity index (χ3n) is 4.10. The van der Waals surface area contributed by atoms with E-state index in [0.717, 1.165) is 11.5 Å². The van der Waals surface area contributed by atoms with Crippen LogP contribution in [0.5, 0.6) is 0 Å². The molecule has 1 saturated carbocycles. The van der Waals surface area contributed by atoms with Gasteiger partial charge >= 0.3 is 0 Å². The maximum Gasteiger partial charge on any atom is 0.171 e. The number of allylic oxidation sites excluding steroid dienone is 2. The first-order valence-corrected chi connectivity index (χ1v) is 7.14. The van der Waals surface area contributed by atoms with E-state index in [9.17, 15) is 14.8 Å². The fourth-order valence-electron chi connectivity index (χ4n) is 2.52. The lowest BCUT2D eigenvalue weighted by Crippen LogP contribution is -2.41. The van der Waals surface area contributed by atoms with Gasteiger partial charge in [-0.3, -0.25) is 19.9 Å². The first kappa shape index (κ1) is 16.6. The normalized spacial score (nSPS) is 24.6. The lowest BCUT2D eigenvalue weighted by Gasteiger charge is -2.36. The molecule has 0 amide bonds. The molecule has 1 atom stereocenters. The van der Waals surface area contributed by atoms with Gasteiger partial charge in [-0.2, -0.15) is 0 Å². The third-order valence-corrected chi connectivity index (χ3v) is 4.10. The molecule has 1 aliphatic carbocycles. The van der Waals surface area contributed by atoms with Gasteiger partial charge in [-0.25, -0.2) is 0 Å². The molecule has 0 aliphatic heterocycles. The van der Waals surface area contributed by atoms with Gasteiger partial charge in [0, 0.05) is 12.3 Å². The Bertz CT molecular complexity index is 449. The number of hydroxylamine groups is 2. The van der Waals surface area contributed by atoms with Gasteiger partial charge in [-0.1, -0.05) is 40.2 Å². The number of Topliss-reactive ketones (excluding diaryl/α,β-unsaturated/α-hetero) is 2. The molecule has 20 heavy (non-hydrogen) atoms. The van der Waals surface area contributed by atoms with Gasteiger partial charge in [-0.05, 0) is 11.8 Å². The number of hydrogen-bond donors (Lipinski definition) is 1. The summed E-state index contributed by atoms with van der Waals surface area (Å²) < 4.78 is 0. The Hall–Kier alpha value is -1.42. The van der Waals surface area contributed by atoms with Crippen LogP contribution in [-0.4, -0.2) is 28.4 Å². The van der Waals surface area contributed by atoms with Crippen LogP contribution in [0.15, 0.2) is 23.9 Å². The minimum atomic E-state index is -0.326. The second kappa shape index (κ2) is 6.35. The van der Waals surface area contributed by atoms with Crippen LogP contribution in [0.3, 0.4) is 0 Å². The fourth-order valence-corrected chi connectivity index (χ4v) is 2.52. The van der Waals surface area contributed by atoms with Crippen molar-refractivity contribution in [3.8, 4) is 0 Å².